The Morgan fingerprint density at radius 1 is 0.933 bits per heavy atom. The molecule has 0 spiro atoms. The maximum atomic E-state index is 13.0. The van der Waals surface area contributed by atoms with Gasteiger partial charge in [0.05, 0.1) is 0 Å². The molecule has 0 amide bonds. The fraction of sp³-hybridized carbons (Fsp3) is 0.462. The maximum absolute atomic E-state index is 13.0. The number of halogens is 2. The minimum absolute atomic E-state index is 0.313. The molecular weight excluding hydrogens is 194 g/mol. The third kappa shape index (κ3) is 2.55. The molecule has 0 saturated heterocycles. The van der Waals surface area contributed by atoms with Crippen molar-refractivity contribution in [1.29, 1.82) is 0 Å². The molecule has 1 aliphatic carbocycles. The topological polar surface area (TPSA) is 0 Å². The second-order valence-corrected chi connectivity index (χ2v) is 4.42. The predicted molar refractivity (Wildman–Crippen MR) is 56.4 cm³/mol. The van der Waals surface area contributed by atoms with Crippen LogP contribution in [0.3, 0.4) is 0 Å². The van der Waals surface area contributed by atoms with Crippen molar-refractivity contribution in [2.45, 2.75) is 31.6 Å². The van der Waals surface area contributed by atoms with E-state index in [2.05, 4.69) is 6.92 Å². The predicted octanol–water partition coefficient (Wildman–Crippen LogP) is 4.07. The van der Waals surface area contributed by atoms with Crippen LogP contribution in [0.4, 0.5) is 8.78 Å². The lowest BCUT2D eigenvalue weighted by Crippen LogP contribution is -2.11. The zero-order valence-corrected chi connectivity index (χ0v) is 8.68. The summed E-state index contributed by atoms with van der Waals surface area (Å²) in [6, 6.07) is 3.84. The van der Waals surface area contributed by atoms with E-state index in [0.29, 0.717) is 11.8 Å². The molecule has 15 heavy (non-hydrogen) atoms. The average molecular weight is 209 g/mol. The normalized spacial score (nSPS) is 26.6. The van der Waals surface area contributed by atoms with Gasteiger partial charge in [0, 0.05) is 6.07 Å². The molecule has 2 rings (SSSR count). The van der Waals surface area contributed by atoms with Gasteiger partial charge in [-0.15, -0.1) is 0 Å². The van der Waals surface area contributed by atoms with Crippen LogP contribution in [0.25, 0.3) is 0 Å². The Morgan fingerprint density at radius 2 is 1.47 bits per heavy atom. The summed E-state index contributed by atoms with van der Waals surface area (Å²) in [4.78, 5) is 0. The molecule has 0 unspecified atom stereocenters. The first kappa shape index (κ1) is 10.6. The quantitative estimate of drug-likeness (QED) is 0.654. The van der Waals surface area contributed by atoms with Gasteiger partial charge in [0.1, 0.15) is 11.6 Å². The lowest BCUT2D eigenvalue weighted by Gasteiger charge is -2.26. The van der Waals surface area contributed by atoms with Crippen LogP contribution >= 0.6 is 0 Å². The van der Waals surface area contributed by atoms with Gasteiger partial charge in [-0.2, -0.15) is 0 Å². The van der Waals surface area contributed by atoms with Crippen molar-refractivity contribution in [2.24, 2.45) is 5.92 Å². The summed E-state index contributed by atoms with van der Waals surface area (Å²) in [5.74, 6) is -0.114. The fourth-order valence-corrected chi connectivity index (χ4v) is 2.31. The molecule has 2 heteroatoms. The minimum atomic E-state index is -0.471. The van der Waals surface area contributed by atoms with Gasteiger partial charge >= 0.3 is 0 Å². The van der Waals surface area contributed by atoms with E-state index < -0.39 is 11.6 Å². The zero-order chi connectivity index (χ0) is 10.8. The van der Waals surface area contributed by atoms with Gasteiger partial charge in [-0.3, -0.25) is 0 Å². The van der Waals surface area contributed by atoms with Crippen LogP contribution in [0.1, 0.15) is 37.2 Å². The third-order valence-corrected chi connectivity index (χ3v) is 3.20. The molecule has 0 bridgehead atoms. The van der Waals surface area contributed by atoms with Crippen molar-refractivity contribution in [3.63, 3.8) is 0 Å². The second kappa shape index (κ2) is 4.30. The summed E-state index contributed by atoms with van der Waals surface area (Å²) in [5.41, 5.74) is 0.805. The van der Waals surface area contributed by atoms with E-state index in [1.165, 1.54) is 12.1 Å². The molecule has 1 aromatic carbocycles. The molecule has 1 saturated carbocycles. The molecule has 0 N–H and O–H groups in total. The van der Waals surface area contributed by atoms with Crippen molar-refractivity contribution in [3.05, 3.63) is 42.3 Å². The molecule has 0 atom stereocenters. The van der Waals surface area contributed by atoms with Crippen LogP contribution in [0.15, 0.2) is 18.2 Å². The van der Waals surface area contributed by atoms with Gasteiger partial charge in [-0.1, -0.05) is 6.92 Å². The summed E-state index contributed by atoms with van der Waals surface area (Å²) < 4.78 is 26.0. The van der Waals surface area contributed by atoms with Crippen molar-refractivity contribution < 1.29 is 8.78 Å². The molecule has 1 radical (unpaired) electrons. The molecular formula is C13H15F2. The molecule has 0 aliphatic heterocycles. The molecule has 81 valence electrons. The van der Waals surface area contributed by atoms with E-state index in [0.717, 1.165) is 37.3 Å². The van der Waals surface area contributed by atoms with Gasteiger partial charge in [-0.25, -0.2) is 8.78 Å². The Labute approximate surface area is 89.3 Å². The lowest BCUT2D eigenvalue weighted by atomic mass is 9.79. The third-order valence-electron chi connectivity index (χ3n) is 3.20. The van der Waals surface area contributed by atoms with Crippen LogP contribution in [-0.4, -0.2) is 0 Å². The maximum Gasteiger partial charge on any atom is 0.126 e. The average Bonchev–Trinajstić information content (AvgIpc) is 2.17. The van der Waals surface area contributed by atoms with Crippen molar-refractivity contribution >= 4 is 0 Å². The number of rotatable bonds is 1. The first-order valence-corrected chi connectivity index (χ1v) is 5.44. The van der Waals surface area contributed by atoms with Gasteiger partial charge < -0.3 is 0 Å². The Bertz CT molecular complexity index is 318. The summed E-state index contributed by atoms with van der Waals surface area (Å²) in [7, 11) is 0. The van der Waals surface area contributed by atoms with Crippen molar-refractivity contribution in [3.8, 4) is 0 Å². The Kier molecular flexibility index (Phi) is 3.03. The highest BCUT2D eigenvalue weighted by molar-refractivity contribution is 5.22. The van der Waals surface area contributed by atoms with Crippen LogP contribution < -0.4 is 0 Å². The Hall–Kier alpha value is -0.920. The summed E-state index contributed by atoms with van der Waals surface area (Å²) >= 11 is 0. The van der Waals surface area contributed by atoms with E-state index in [1.54, 1.807) is 0 Å². The smallest absolute Gasteiger partial charge is 0.126 e. The highest BCUT2D eigenvalue weighted by Gasteiger charge is 2.20. The number of hydrogen-bond donors (Lipinski definition) is 0. The summed E-state index contributed by atoms with van der Waals surface area (Å²) in [5, 5.41) is 0. The molecule has 0 aromatic heterocycles. The van der Waals surface area contributed by atoms with Crippen molar-refractivity contribution in [1.82, 2.24) is 0 Å². The monoisotopic (exact) mass is 209 g/mol. The first-order valence-electron chi connectivity index (χ1n) is 5.44. The van der Waals surface area contributed by atoms with Crippen LogP contribution in [0.5, 0.6) is 0 Å². The van der Waals surface area contributed by atoms with Gasteiger partial charge in [0.15, 0.2) is 0 Å². The number of hydrogen-bond acceptors (Lipinski definition) is 0. The Balaban J connectivity index is 2.15. The molecule has 1 fully saturated rings. The summed E-state index contributed by atoms with van der Waals surface area (Å²) in [6.07, 6.45) is 4.11. The minimum Gasteiger partial charge on any atom is -0.207 e. The molecule has 0 heterocycles. The summed E-state index contributed by atoms with van der Waals surface area (Å²) in [6.45, 7) is 4.01. The van der Waals surface area contributed by atoms with E-state index in [1.807, 2.05) is 0 Å². The zero-order valence-electron chi connectivity index (χ0n) is 8.68. The SMILES string of the molecule is [CH2]C1CCC(c2cc(F)cc(F)c2)CC1. The van der Waals surface area contributed by atoms with E-state index >= 15 is 0 Å². The molecule has 1 aliphatic rings. The Morgan fingerprint density at radius 3 is 2.00 bits per heavy atom. The molecule has 0 nitrogen and oxygen atoms in total. The highest BCUT2D eigenvalue weighted by Crippen LogP contribution is 2.35. The first-order chi connectivity index (χ1) is 7.15. The van der Waals surface area contributed by atoms with Gasteiger partial charge in [0.2, 0.25) is 0 Å². The van der Waals surface area contributed by atoms with Crippen LogP contribution in [-0.2, 0) is 0 Å². The van der Waals surface area contributed by atoms with E-state index in [4.69, 9.17) is 0 Å². The number of benzene rings is 1. The second-order valence-electron chi connectivity index (χ2n) is 4.42. The largest absolute Gasteiger partial charge is 0.207 e. The standard InChI is InChI=1S/C13H15F2/c1-9-2-4-10(5-3-9)11-6-12(14)8-13(15)7-11/h6-10H,1-5H2. The van der Waals surface area contributed by atoms with E-state index in [9.17, 15) is 8.78 Å². The highest BCUT2D eigenvalue weighted by atomic mass is 19.1. The molecule has 1 aromatic rings. The van der Waals surface area contributed by atoms with Crippen LogP contribution in [0, 0.1) is 24.5 Å². The fourth-order valence-electron chi connectivity index (χ4n) is 2.31. The van der Waals surface area contributed by atoms with Crippen molar-refractivity contribution in [2.75, 3.05) is 0 Å². The van der Waals surface area contributed by atoms with Gasteiger partial charge in [-0.05, 0) is 55.2 Å². The van der Waals surface area contributed by atoms with Gasteiger partial charge in [0.25, 0.3) is 0 Å². The lowest BCUT2D eigenvalue weighted by molar-refractivity contribution is 0.372. The van der Waals surface area contributed by atoms with E-state index in [-0.39, 0.29) is 0 Å². The van der Waals surface area contributed by atoms with Crippen LogP contribution in [0.2, 0.25) is 0 Å².